The topological polar surface area (TPSA) is 77.3 Å². The third-order valence-electron chi connectivity index (χ3n) is 16.1. The Balaban J connectivity index is 0.000000123. The van der Waals surface area contributed by atoms with Crippen LogP contribution in [0.1, 0.15) is 162 Å². The largest absolute Gasteiger partial charge is 0.245 e. The highest BCUT2D eigenvalue weighted by atomic mass is 14.9. The van der Waals surface area contributed by atoms with E-state index in [1.165, 1.54) is 70.6 Å². The molecule has 4 unspecified atom stereocenters. The fourth-order valence-electron chi connectivity index (χ4n) is 12.7. The number of rotatable bonds is 0. The maximum absolute atomic E-state index is 4.65. The minimum atomic E-state index is 0.211. The van der Waals surface area contributed by atoms with Gasteiger partial charge in [0.25, 0.3) is 0 Å². The van der Waals surface area contributed by atoms with Crippen molar-refractivity contribution in [1.29, 1.82) is 0 Å². The Hall–Kier alpha value is -3.28. The number of allylic oxidation sites excluding steroid dienone is 4. The minimum Gasteiger partial charge on any atom is -0.245 e. The second-order valence-electron chi connectivity index (χ2n) is 21.0. The highest BCUT2D eigenvalue weighted by Crippen LogP contribution is 2.67. The molecule has 0 radical (unpaired) electrons. The number of fused-ring (bicyclic) bond motifs is 7. The maximum Gasteiger partial charge on any atom is 0.116 e. The molecule has 3 aromatic heterocycles. The molecule has 6 aliphatic rings. The van der Waals surface area contributed by atoms with Crippen LogP contribution in [-0.4, -0.2) is 29.9 Å². The lowest BCUT2D eigenvalue weighted by Gasteiger charge is -2.37. The Bertz CT molecular complexity index is 1970. The van der Waals surface area contributed by atoms with Crippen molar-refractivity contribution in [2.45, 2.75) is 148 Å². The van der Waals surface area contributed by atoms with Crippen LogP contribution in [0.4, 0.5) is 0 Å². The first-order valence-electron chi connectivity index (χ1n) is 20.5. The highest BCUT2D eigenvalue weighted by molar-refractivity contribution is 5.78. The van der Waals surface area contributed by atoms with Crippen molar-refractivity contribution >= 4 is 11.1 Å². The average molecular weight is 715 g/mol. The second kappa shape index (κ2) is 12.6. The van der Waals surface area contributed by atoms with Gasteiger partial charge in [-0.1, -0.05) is 108 Å². The van der Waals surface area contributed by atoms with E-state index in [4.69, 9.17) is 0 Å². The van der Waals surface area contributed by atoms with E-state index in [1.807, 2.05) is 18.6 Å². The molecule has 6 nitrogen and oxygen atoms in total. The zero-order valence-corrected chi connectivity index (χ0v) is 35.4. The number of aryl methyl sites for hydroxylation is 3. The molecular formula is C47H66N6. The smallest absolute Gasteiger partial charge is 0.116 e. The molecule has 6 aliphatic carbocycles. The summed E-state index contributed by atoms with van der Waals surface area (Å²) in [4.78, 5) is 26.3. The summed E-state index contributed by atoms with van der Waals surface area (Å²) in [5.74, 6) is 2.75. The van der Waals surface area contributed by atoms with E-state index in [0.717, 1.165) is 31.1 Å². The van der Waals surface area contributed by atoms with Crippen LogP contribution < -0.4 is 0 Å². The normalized spacial score (nSPS) is 29.5. The molecule has 3 heterocycles. The minimum absolute atomic E-state index is 0.211. The number of aromatic nitrogens is 6. The van der Waals surface area contributed by atoms with Crippen LogP contribution >= 0.6 is 0 Å². The molecular weight excluding hydrogens is 649 g/mol. The fourth-order valence-corrected chi connectivity index (χ4v) is 12.7. The molecule has 284 valence electrons. The zero-order chi connectivity index (χ0) is 38.5. The van der Waals surface area contributed by atoms with Gasteiger partial charge < -0.3 is 0 Å². The van der Waals surface area contributed by atoms with Gasteiger partial charge in [-0.3, -0.25) is 0 Å². The van der Waals surface area contributed by atoms with Crippen molar-refractivity contribution in [3.05, 3.63) is 82.5 Å². The molecule has 6 heteroatoms. The van der Waals surface area contributed by atoms with Crippen LogP contribution in [0.5, 0.6) is 0 Å². The zero-order valence-electron chi connectivity index (χ0n) is 35.4. The summed E-state index contributed by atoms with van der Waals surface area (Å²) in [6.07, 6.45) is 19.4. The molecule has 53 heavy (non-hydrogen) atoms. The summed E-state index contributed by atoms with van der Waals surface area (Å²) < 4.78 is 0. The van der Waals surface area contributed by atoms with Crippen LogP contribution in [0.2, 0.25) is 0 Å². The summed E-state index contributed by atoms with van der Waals surface area (Å²) >= 11 is 0. The number of nitrogens with zero attached hydrogens (tertiary/aromatic N) is 6. The molecule has 0 aliphatic heterocycles. The Morgan fingerprint density at radius 1 is 0.509 bits per heavy atom. The molecule has 3 aromatic rings. The average Bonchev–Trinajstić information content (AvgIpc) is 3.47. The molecule has 4 atom stereocenters. The molecule has 0 spiro atoms. The van der Waals surface area contributed by atoms with Gasteiger partial charge in [0.15, 0.2) is 0 Å². The predicted octanol–water partition coefficient (Wildman–Crippen LogP) is 11.3. The van der Waals surface area contributed by atoms with Gasteiger partial charge in [0.05, 0.1) is 17.1 Å². The van der Waals surface area contributed by atoms with Crippen LogP contribution in [0.3, 0.4) is 0 Å². The third-order valence-corrected chi connectivity index (χ3v) is 16.1. The van der Waals surface area contributed by atoms with Gasteiger partial charge >= 0.3 is 0 Å². The summed E-state index contributed by atoms with van der Waals surface area (Å²) in [7, 11) is 0. The van der Waals surface area contributed by atoms with Gasteiger partial charge in [0.1, 0.15) is 19.0 Å². The van der Waals surface area contributed by atoms with E-state index < -0.39 is 0 Å². The highest BCUT2D eigenvalue weighted by Gasteiger charge is 2.59. The molecule has 0 saturated heterocycles. The first kappa shape index (κ1) is 38.0. The van der Waals surface area contributed by atoms with Gasteiger partial charge in [-0.2, -0.15) is 0 Å². The Morgan fingerprint density at radius 2 is 1.04 bits per heavy atom. The number of hydrogen-bond acceptors (Lipinski definition) is 6. The molecule has 1 saturated carbocycles. The summed E-state index contributed by atoms with van der Waals surface area (Å²) in [5, 5.41) is 0. The van der Waals surface area contributed by atoms with Crippen molar-refractivity contribution in [2.24, 2.45) is 50.2 Å². The van der Waals surface area contributed by atoms with Crippen LogP contribution in [0.25, 0.3) is 11.1 Å². The SMILES string of the molecule is CC1(C)CC(C)(C)C2=C1CCc1cncnc12.CC1C(C)(C)C2=C(c3ncncc3CC2)C1(C)C.CC1C(C)(C)C2CCc3cncnc3C2C1(C)C. The summed E-state index contributed by atoms with van der Waals surface area (Å²) in [5.41, 5.74) is 15.9. The summed E-state index contributed by atoms with van der Waals surface area (Å²) in [6.45, 7) is 33.6. The number of hydrogen-bond donors (Lipinski definition) is 0. The van der Waals surface area contributed by atoms with E-state index in [-0.39, 0.29) is 10.8 Å². The van der Waals surface area contributed by atoms with Crippen molar-refractivity contribution in [1.82, 2.24) is 29.9 Å². The molecule has 9 rings (SSSR count). The van der Waals surface area contributed by atoms with Crippen molar-refractivity contribution in [2.75, 3.05) is 0 Å². The quantitative estimate of drug-likeness (QED) is 0.231. The fraction of sp³-hybridized carbons (Fsp3) is 0.660. The molecule has 0 bridgehead atoms. The van der Waals surface area contributed by atoms with Gasteiger partial charge in [0, 0.05) is 24.5 Å². The lowest BCUT2D eigenvalue weighted by molar-refractivity contribution is 0.150. The molecule has 0 amide bonds. The molecule has 0 aromatic carbocycles. The van der Waals surface area contributed by atoms with E-state index in [1.54, 1.807) is 30.1 Å². The van der Waals surface area contributed by atoms with Crippen molar-refractivity contribution in [3.63, 3.8) is 0 Å². The molecule has 1 fully saturated rings. The monoisotopic (exact) mass is 715 g/mol. The van der Waals surface area contributed by atoms with Crippen LogP contribution in [0.15, 0.2) is 48.7 Å². The van der Waals surface area contributed by atoms with E-state index in [9.17, 15) is 0 Å². The van der Waals surface area contributed by atoms with Crippen LogP contribution in [-0.2, 0) is 19.3 Å². The van der Waals surface area contributed by atoms with E-state index >= 15 is 0 Å². The van der Waals surface area contributed by atoms with Gasteiger partial charge in [-0.15, -0.1) is 0 Å². The van der Waals surface area contributed by atoms with Crippen molar-refractivity contribution in [3.8, 4) is 0 Å². The summed E-state index contributed by atoms with van der Waals surface area (Å²) in [6, 6.07) is 0. The second-order valence-corrected chi connectivity index (χ2v) is 21.0. The van der Waals surface area contributed by atoms with E-state index in [0.29, 0.717) is 33.5 Å². The first-order valence-corrected chi connectivity index (χ1v) is 20.5. The lowest BCUT2D eigenvalue weighted by Crippen LogP contribution is -2.29. The van der Waals surface area contributed by atoms with Gasteiger partial charge in [-0.05, 0) is 123 Å². The first-order chi connectivity index (χ1) is 24.6. The standard InChI is InChI=1S/C16H24N2.C16H22N2.C15H20N2/c2*1-10-15(2,3)12-7-6-11-8-17-9-18-14(11)13(12)16(10,4)5;1-14(2)8-15(3,4)12-11(14)6-5-10-7-16-9-17-13(10)12/h8-10,12-13H,6-7H2,1-5H3;8-10H,6-7H2,1-5H3;7,9H,5-6,8H2,1-4H3. The third kappa shape index (κ3) is 5.86. The van der Waals surface area contributed by atoms with Crippen LogP contribution in [0, 0.1) is 50.2 Å². The Kier molecular flexibility index (Phi) is 9.06. The Morgan fingerprint density at radius 3 is 1.64 bits per heavy atom. The van der Waals surface area contributed by atoms with E-state index in [2.05, 4.69) is 127 Å². The van der Waals surface area contributed by atoms with Gasteiger partial charge in [0.2, 0.25) is 0 Å². The van der Waals surface area contributed by atoms with Crippen molar-refractivity contribution < 1.29 is 0 Å². The maximum atomic E-state index is 4.65. The Labute approximate surface area is 320 Å². The predicted molar refractivity (Wildman–Crippen MR) is 217 cm³/mol. The van der Waals surface area contributed by atoms with Gasteiger partial charge in [-0.25, -0.2) is 29.9 Å². The lowest BCUT2D eigenvalue weighted by atomic mass is 9.68. The molecule has 0 N–H and O–H groups in total.